The van der Waals surface area contributed by atoms with Crippen molar-refractivity contribution in [1.29, 1.82) is 0 Å². The molecule has 16 heavy (non-hydrogen) atoms. The molecule has 0 aliphatic rings. The minimum absolute atomic E-state index is 0.141. The van der Waals surface area contributed by atoms with Crippen LogP contribution < -0.4 is 15.9 Å². The fourth-order valence-electron chi connectivity index (χ4n) is 1.22. The van der Waals surface area contributed by atoms with E-state index < -0.39 is 0 Å². The number of aryl methyl sites for hydroxylation is 1. The maximum absolute atomic E-state index is 5.47. The Hall–Kier alpha value is -1.62. The third-order valence-corrected chi connectivity index (χ3v) is 1.93. The van der Waals surface area contributed by atoms with Crippen LogP contribution in [0, 0.1) is 6.92 Å². The number of rotatable bonds is 4. The van der Waals surface area contributed by atoms with Gasteiger partial charge in [-0.2, -0.15) is 5.10 Å². The van der Waals surface area contributed by atoms with Crippen LogP contribution in [0.25, 0.3) is 0 Å². The summed E-state index contributed by atoms with van der Waals surface area (Å²) in [5.41, 5.74) is 9.80. The maximum Gasteiger partial charge on any atom is 0.184 e. The van der Waals surface area contributed by atoms with E-state index in [1.807, 2.05) is 32.0 Å². The first kappa shape index (κ1) is 12.4. The van der Waals surface area contributed by atoms with E-state index in [0.717, 1.165) is 16.9 Å². The predicted octanol–water partition coefficient (Wildman–Crippen LogP) is 1.56. The monoisotopic (exact) mass is 237 g/mol. The first-order valence-corrected chi connectivity index (χ1v) is 5.36. The number of ether oxygens (including phenoxy) is 1. The molecule has 0 aromatic heterocycles. The van der Waals surface area contributed by atoms with Crippen LogP contribution in [-0.4, -0.2) is 17.9 Å². The van der Waals surface area contributed by atoms with Crippen molar-refractivity contribution in [2.45, 2.75) is 13.8 Å². The van der Waals surface area contributed by atoms with E-state index in [1.165, 1.54) is 0 Å². The minimum Gasteiger partial charge on any atom is -0.493 e. The third kappa shape index (κ3) is 3.86. The molecule has 0 radical (unpaired) electrons. The molecule has 0 aliphatic heterocycles. The highest BCUT2D eigenvalue weighted by Crippen LogP contribution is 2.17. The normalized spacial score (nSPS) is 10.4. The zero-order valence-corrected chi connectivity index (χ0v) is 10.2. The number of hydrogen-bond donors (Lipinski definition) is 2. The summed E-state index contributed by atoms with van der Waals surface area (Å²) in [6, 6.07) is 5.89. The molecule has 0 atom stereocenters. The smallest absolute Gasteiger partial charge is 0.184 e. The van der Waals surface area contributed by atoms with Gasteiger partial charge in [0, 0.05) is 5.56 Å². The summed E-state index contributed by atoms with van der Waals surface area (Å²) in [5.74, 6) is 0.793. The molecule has 0 amide bonds. The molecule has 0 unspecified atom stereocenters. The van der Waals surface area contributed by atoms with Gasteiger partial charge in [-0.15, -0.1) is 0 Å². The summed E-state index contributed by atoms with van der Waals surface area (Å²) >= 11 is 4.64. The Morgan fingerprint density at radius 3 is 3.00 bits per heavy atom. The average Bonchev–Trinajstić information content (AvgIpc) is 2.21. The molecule has 4 nitrogen and oxygen atoms in total. The van der Waals surface area contributed by atoms with Crippen molar-refractivity contribution < 1.29 is 4.74 Å². The molecule has 1 aromatic rings. The second-order valence-corrected chi connectivity index (χ2v) is 3.65. The van der Waals surface area contributed by atoms with Crippen molar-refractivity contribution >= 4 is 23.5 Å². The predicted molar refractivity (Wildman–Crippen MR) is 69.9 cm³/mol. The Morgan fingerprint density at radius 1 is 1.62 bits per heavy atom. The molecular weight excluding hydrogens is 222 g/mol. The molecule has 1 aromatic carbocycles. The van der Waals surface area contributed by atoms with Crippen molar-refractivity contribution in [1.82, 2.24) is 5.43 Å². The van der Waals surface area contributed by atoms with E-state index in [9.17, 15) is 0 Å². The van der Waals surface area contributed by atoms with Crippen LogP contribution in [0.1, 0.15) is 18.1 Å². The molecule has 0 aliphatic carbocycles. The number of nitrogens with one attached hydrogen (secondary N) is 1. The summed E-state index contributed by atoms with van der Waals surface area (Å²) in [7, 11) is 0. The summed E-state index contributed by atoms with van der Waals surface area (Å²) < 4.78 is 5.47. The van der Waals surface area contributed by atoms with Gasteiger partial charge in [0.2, 0.25) is 0 Å². The van der Waals surface area contributed by atoms with Gasteiger partial charge in [0.25, 0.3) is 0 Å². The van der Waals surface area contributed by atoms with Gasteiger partial charge in [0.1, 0.15) is 5.75 Å². The van der Waals surface area contributed by atoms with Crippen LogP contribution in [0.5, 0.6) is 5.75 Å². The van der Waals surface area contributed by atoms with Crippen molar-refractivity contribution in [2.75, 3.05) is 6.61 Å². The van der Waals surface area contributed by atoms with Crippen molar-refractivity contribution in [3.05, 3.63) is 29.3 Å². The summed E-state index contributed by atoms with van der Waals surface area (Å²) in [6.07, 6.45) is 1.64. The van der Waals surface area contributed by atoms with Crippen LogP contribution in [0.3, 0.4) is 0 Å². The molecular formula is C11H15N3OS. The van der Waals surface area contributed by atoms with Crippen molar-refractivity contribution in [2.24, 2.45) is 10.8 Å². The Labute approximate surface area is 100 Å². The fourth-order valence-corrected chi connectivity index (χ4v) is 1.27. The van der Waals surface area contributed by atoms with Crippen LogP contribution in [0.2, 0.25) is 0 Å². The number of benzene rings is 1. The second kappa shape index (κ2) is 6.07. The van der Waals surface area contributed by atoms with E-state index in [2.05, 4.69) is 22.7 Å². The molecule has 0 bridgehead atoms. The minimum atomic E-state index is 0.141. The van der Waals surface area contributed by atoms with Crippen LogP contribution in [0.15, 0.2) is 23.3 Å². The molecule has 3 N–H and O–H groups in total. The van der Waals surface area contributed by atoms with Gasteiger partial charge >= 0.3 is 0 Å². The zero-order chi connectivity index (χ0) is 12.0. The Kier molecular flexibility index (Phi) is 4.72. The first-order valence-electron chi connectivity index (χ1n) is 4.95. The Bertz CT molecular complexity index is 404. The SMILES string of the molecule is CCOc1ccc(C)cc1C=NNC(N)=S. The second-order valence-electron chi connectivity index (χ2n) is 3.21. The van der Waals surface area contributed by atoms with E-state index >= 15 is 0 Å². The van der Waals surface area contributed by atoms with Gasteiger partial charge in [0.05, 0.1) is 12.8 Å². The lowest BCUT2D eigenvalue weighted by molar-refractivity contribution is 0.339. The lowest BCUT2D eigenvalue weighted by Gasteiger charge is -2.07. The zero-order valence-electron chi connectivity index (χ0n) is 9.36. The van der Waals surface area contributed by atoms with Crippen LogP contribution in [-0.2, 0) is 0 Å². The Balaban J connectivity index is 2.86. The van der Waals surface area contributed by atoms with Gasteiger partial charge in [0.15, 0.2) is 5.11 Å². The third-order valence-electron chi connectivity index (χ3n) is 1.84. The van der Waals surface area contributed by atoms with Crippen molar-refractivity contribution in [3.8, 4) is 5.75 Å². The molecule has 0 saturated heterocycles. The quantitative estimate of drug-likeness (QED) is 0.474. The van der Waals surface area contributed by atoms with Gasteiger partial charge in [-0.3, -0.25) is 5.43 Å². The molecule has 1 rings (SSSR count). The molecule has 0 saturated carbocycles. The lowest BCUT2D eigenvalue weighted by Crippen LogP contribution is -2.24. The molecule has 86 valence electrons. The summed E-state index contributed by atoms with van der Waals surface area (Å²) in [6.45, 7) is 4.56. The van der Waals surface area contributed by atoms with E-state index in [1.54, 1.807) is 6.21 Å². The molecule has 0 spiro atoms. The van der Waals surface area contributed by atoms with Crippen molar-refractivity contribution in [3.63, 3.8) is 0 Å². The summed E-state index contributed by atoms with van der Waals surface area (Å²) in [5, 5.41) is 4.04. The lowest BCUT2D eigenvalue weighted by atomic mass is 10.1. The standard InChI is InChI=1S/C11H15N3OS/c1-3-15-10-5-4-8(2)6-9(10)7-13-14-11(12)16/h4-7H,3H2,1-2H3,(H3,12,14,16). The topological polar surface area (TPSA) is 59.6 Å². The van der Waals surface area contributed by atoms with Gasteiger partial charge < -0.3 is 10.5 Å². The number of thiocarbonyl (C=S) groups is 1. The van der Waals surface area contributed by atoms with Crippen LogP contribution in [0.4, 0.5) is 0 Å². The van der Waals surface area contributed by atoms with Gasteiger partial charge in [-0.05, 0) is 38.2 Å². The summed E-state index contributed by atoms with van der Waals surface area (Å²) in [4.78, 5) is 0. The largest absolute Gasteiger partial charge is 0.493 e. The highest BCUT2D eigenvalue weighted by Gasteiger charge is 2.00. The van der Waals surface area contributed by atoms with E-state index in [4.69, 9.17) is 10.5 Å². The van der Waals surface area contributed by atoms with Crippen LogP contribution >= 0.6 is 12.2 Å². The van der Waals surface area contributed by atoms with Gasteiger partial charge in [-0.1, -0.05) is 11.6 Å². The molecule has 5 heteroatoms. The number of nitrogens with zero attached hydrogens (tertiary/aromatic N) is 1. The average molecular weight is 237 g/mol. The van der Waals surface area contributed by atoms with E-state index in [0.29, 0.717) is 6.61 Å². The molecule has 0 heterocycles. The molecule has 0 fully saturated rings. The van der Waals surface area contributed by atoms with E-state index in [-0.39, 0.29) is 5.11 Å². The number of nitrogens with two attached hydrogens (primary N) is 1. The first-order chi connectivity index (χ1) is 7.63. The number of hydrazone groups is 1. The maximum atomic E-state index is 5.47. The highest BCUT2D eigenvalue weighted by atomic mass is 32.1. The fraction of sp³-hybridized carbons (Fsp3) is 0.273. The highest BCUT2D eigenvalue weighted by molar-refractivity contribution is 7.80. The Morgan fingerprint density at radius 2 is 2.38 bits per heavy atom. The van der Waals surface area contributed by atoms with Gasteiger partial charge in [-0.25, -0.2) is 0 Å². The number of hydrogen-bond acceptors (Lipinski definition) is 3.